The Labute approximate surface area is 124 Å². The third kappa shape index (κ3) is 3.25. The second-order valence-electron chi connectivity index (χ2n) is 4.79. The molecule has 0 amide bonds. The van der Waals surface area contributed by atoms with E-state index in [0.717, 1.165) is 48.6 Å². The number of methoxy groups -OCH3 is 2. The van der Waals surface area contributed by atoms with Gasteiger partial charge in [0.25, 0.3) is 0 Å². The number of alkyl halides is 1. The van der Waals surface area contributed by atoms with Gasteiger partial charge in [0.1, 0.15) is 11.6 Å². The van der Waals surface area contributed by atoms with E-state index in [1.54, 1.807) is 14.2 Å². The van der Waals surface area contributed by atoms with Crippen LogP contribution in [-0.2, 0) is 11.3 Å². The number of aryl methyl sites for hydroxylation is 1. The lowest BCUT2D eigenvalue weighted by Crippen LogP contribution is -2.05. The van der Waals surface area contributed by atoms with Gasteiger partial charge in [-0.15, -0.1) is 11.6 Å². The summed E-state index contributed by atoms with van der Waals surface area (Å²) in [6.07, 6.45) is 2.06. The van der Waals surface area contributed by atoms with Gasteiger partial charge < -0.3 is 14.0 Å². The Morgan fingerprint density at radius 3 is 2.75 bits per heavy atom. The Morgan fingerprint density at radius 2 is 2.10 bits per heavy atom. The third-order valence-electron chi connectivity index (χ3n) is 3.32. The number of imidazole rings is 1. The first kappa shape index (κ1) is 15.1. The van der Waals surface area contributed by atoms with E-state index in [-0.39, 0.29) is 5.38 Å². The lowest BCUT2D eigenvalue weighted by molar-refractivity contribution is 0.191. The van der Waals surface area contributed by atoms with Gasteiger partial charge in [-0.25, -0.2) is 4.98 Å². The van der Waals surface area contributed by atoms with Crippen LogP contribution in [0.4, 0.5) is 0 Å². The molecule has 0 aliphatic rings. The van der Waals surface area contributed by atoms with Gasteiger partial charge in [-0.3, -0.25) is 0 Å². The van der Waals surface area contributed by atoms with E-state index >= 15 is 0 Å². The third-order valence-corrected chi connectivity index (χ3v) is 3.52. The summed E-state index contributed by atoms with van der Waals surface area (Å²) in [4.78, 5) is 4.63. The number of aromatic nitrogens is 2. The number of nitrogens with zero attached hydrogens (tertiary/aromatic N) is 2. The van der Waals surface area contributed by atoms with Crippen LogP contribution in [0.1, 0.15) is 31.0 Å². The molecule has 0 N–H and O–H groups in total. The van der Waals surface area contributed by atoms with Crippen molar-refractivity contribution in [3.8, 4) is 5.75 Å². The van der Waals surface area contributed by atoms with Crippen molar-refractivity contribution in [2.24, 2.45) is 0 Å². The summed E-state index contributed by atoms with van der Waals surface area (Å²) in [6, 6.07) is 5.91. The summed E-state index contributed by atoms with van der Waals surface area (Å²) >= 11 is 6.25. The number of hydrogen-bond acceptors (Lipinski definition) is 3. The molecule has 0 radical (unpaired) electrons. The van der Waals surface area contributed by atoms with Gasteiger partial charge in [-0.1, -0.05) is 0 Å². The minimum absolute atomic E-state index is 0.115. The first-order chi connectivity index (χ1) is 9.67. The van der Waals surface area contributed by atoms with E-state index < -0.39 is 0 Å². The van der Waals surface area contributed by atoms with Crippen molar-refractivity contribution in [3.05, 3.63) is 24.0 Å². The Balaban J connectivity index is 2.33. The number of ether oxygens (including phenoxy) is 2. The molecule has 4 nitrogen and oxygen atoms in total. The highest BCUT2D eigenvalue weighted by Gasteiger charge is 2.15. The molecule has 0 fully saturated rings. The number of rotatable bonds is 7. The van der Waals surface area contributed by atoms with Crippen molar-refractivity contribution < 1.29 is 9.47 Å². The summed E-state index contributed by atoms with van der Waals surface area (Å²) in [5.74, 6) is 1.75. The van der Waals surface area contributed by atoms with Crippen LogP contribution in [0, 0.1) is 0 Å². The lowest BCUT2D eigenvalue weighted by Gasteiger charge is -2.10. The number of halogens is 1. The quantitative estimate of drug-likeness (QED) is 0.576. The smallest absolute Gasteiger partial charge is 0.127 e. The zero-order valence-electron chi connectivity index (χ0n) is 12.2. The maximum Gasteiger partial charge on any atom is 0.127 e. The fraction of sp³-hybridized carbons (Fsp3) is 0.533. The van der Waals surface area contributed by atoms with Crippen LogP contribution in [0.2, 0.25) is 0 Å². The molecule has 1 aromatic heterocycles. The molecule has 20 heavy (non-hydrogen) atoms. The number of hydrogen-bond donors (Lipinski definition) is 0. The summed E-state index contributed by atoms with van der Waals surface area (Å²) in [5.41, 5.74) is 2.03. The predicted molar refractivity (Wildman–Crippen MR) is 81.7 cm³/mol. The topological polar surface area (TPSA) is 36.3 Å². The number of benzene rings is 1. The van der Waals surface area contributed by atoms with Crippen LogP contribution >= 0.6 is 11.6 Å². The van der Waals surface area contributed by atoms with Gasteiger partial charge >= 0.3 is 0 Å². The SMILES string of the molecule is COCCCCn1c(C(C)Cl)nc2ccc(OC)cc21. The molecule has 0 spiro atoms. The minimum Gasteiger partial charge on any atom is -0.497 e. The standard InChI is InChI=1S/C15H21ClN2O2/c1-11(16)15-17-13-7-6-12(20-3)10-14(13)18(15)8-4-5-9-19-2/h6-7,10-11H,4-5,8-9H2,1-3H3. The minimum atomic E-state index is -0.115. The first-order valence-electron chi connectivity index (χ1n) is 6.84. The van der Waals surface area contributed by atoms with Crippen molar-refractivity contribution in [3.63, 3.8) is 0 Å². The van der Waals surface area contributed by atoms with Gasteiger partial charge in [0.15, 0.2) is 0 Å². The van der Waals surface area contributed by atoms with Crippen molar-refractivity contribution in [1.29, 1.82) is 0 Å². The fourth-order valence-electron chi connectivity index (χ4n) is 2.30. The van der Waals surface area contributed by atoms with Crippen LogP contribution in [0.3, 0.4) is 0 Å². The highest BCUT2D eigenvalue weighted by Crippen LogP contribution is 2.27. The Hall–Kier alpha value is -1.26. The molecular formula is C15H21ClN2O2. The molecule has 0 aliphatic heterocycles. The van der Waals surface area contributed by atoms with Crippen molar-refractivity contribution in [2.75, 3.05) is 20.8 Å². The highest BCUT2D eigenvalue weighted by molar-refractivity contribution is 6.20. The van der Waals surface area contributed by atoms with Crippen molar-refractivity contribution in [1.82, 2.24) is 9.55 Å². The molecule has 0 saturated carbocycles. The molecular weight excluding hydrogens is 276 g/mol. The predicted octanol–water partition coefficient (Wildman–Crippen LogP) is 3.77. The molecule has 0 aliphatic carbocycles. The second kappa shape index (κ2) is 6.95. The van der Waals surface area contributed by atoms with E-state index in [1.165, 1.54) is 0 Å². The Kier molecular flexibility index (Phi) is 5.26. The van der Waals surface area contributed by atoms with Gasteiger partial charge in [-0.2, -0.15) is 0 Å². The molecule has 2 aromatic rings. The highest BCUT2D eigenvalue weighted by atomic mass is 35.5. The number of unbranched alkanes of at least 4 members (excludes halogenated alkanes) is 1. The van der Waals surface area contributed by atoms with Crippen molar-refractivity contribution in [2.45, 2.75) is 31.7 Å². The summed E-state index contributed by atoms with van der Waals surface area (Å²) in [5, 5.41) is -0.115. The van der Waals surface area contributed by atoms with Gasteiger partial charge in [0.2, 0.25) is 0 Å². The van der Waals surface area contributed by atoms with Crippen molar-refractivity contribution >= 4 is 22.6 Å². The molecule has 5 heteroatoms. The lowest BCUT2D eigenvalue weighted by atomic mass is 10.2. The van der Waals surface area contributed by atoms with E-state index in [9.17, 15) is 0 Å². The van der Waals surface area contributed by atoms with Gasteiger partial charge in [0, 0.05) is 26.3 Å². The molecule has 0 bridgehead atoms. The molecule has 1 unspecified atom stereocenters. The van der Waals surface area contributed by atoms with E-state index in [4.69, 9.17) is 21.1 Å². The van der Waals surface area contributed by atoms with Crippen LogP contribution in [-0.4, -0.2) is 30.4 Å². The molecule has 110 valence electrons. The zero-order valence-corrected chi connectivity index (χ0v) is 13.0. The average molecular weight is 297 g/mol. The maximum atomic E-state index is 6.25. The Morgan fingerprint density at radius 1 is 1.30 bits per heavy atom. The average Bonchev–Trinajstić information content (AvgIpc) is 2.81. The van der Waals surface area contributed by atoms with Crippen LogP contribution in [0.5, 0.6) is 5.75 Å². The van der Waals surface area contributed by atoms with Crippen LogP contribution in [0.25, 0.3) is 11.0 Å². The van der Waals surface area contributed by atoms with Crippen LogP contribution < -0.4 is 4.74 Å². The van der Waals surface area contributed by atoms with Crippen LogP contribution in [0.15, 0.2) is 18.2 Å². The summed E-state index contributed by atoms with van der Waals surface area (Å²) < 4.78 is 12.6. The monoisotopic (exact) mass is 296 g/mol. The largest absolute Gasteiger partial charge is 0.497 e. The molecule has 1 atom stereocenters. The molecule has 1 heterocycles. The molecule has 0 saturated heterocycles. The Bertz CT molecular complexity index is 566. The second-order valence-corrected chi connectivity index (χ2v) is 5.45. The van der Waals surface area contributed by atoms with Gasteiger partial charge in [-0.05, 0) is 31.9 Å². The van der Waals surface area contributed by atoms with E-state index in [2.05, 4.69) is 9.55 Å². The van der Waals surface area contributed by atoms with Gasteiger partial charge in [0.05, 0.1) is 23.5 Å². The normalized spacial score (nSPS) is 12.8. The van der Waals surface area contributed by atoms with E-state index in [1.807, 2.05) is 25.1 Å². The summed E-state index contributed by atoms with van der Waals surface area (Å²) in [7, 11) is 3.40. The fourth-order valence-corrected chi connectivity index (χ4v) is 2.47. The zero-order chi connectivity index (χ0) is 14.5. The molecule has 1 aromatic carbocycles. The summed E-state index contributed by atoms with van der Waals surface area (Å²) in [6.45, 7) is 3.62. The first-order valence-corrected chi connectivity index (χ1v) is 7.28. The number of fused-ring (bicyclic) bond motifs is 1. The van der Waals surface area contributed by atoms with E-state index in [0.29, 0.717) is 0 Å². The molecule has 2 rings (SSSR count). The maximum absolute atomic E-state index is 6.25.